The van der Waals surface area contributed by atoms with E-state index in [1.807, 2.05) is 0 Å². The van der Waals surface area contributed by atoms with Gasteiger partial charge in [-0.25, -0.2) is 0 Å². The summed E-state index contributed by atoms with van der Waals surface area (Å²) in [4.78, 5) is 23.4. The van der Waals surface area contributed by atoms with E-state index in [0.717, 1.165) is 24.3 Å². The van der Waals surface area contributed by atoms with Gasteiger partial charge in [0, 0.05) is 29.6 Å². The van der Waals surface area contributed by atoms with Gasteiger partial charge in [0.1, 0.15) is 0 Å². The summed E-state index contributed by atoms with van der Waals surface area (Å²) in [5, 5.41) is 8.63. The van der Waals surface area contributed by atoms with Crippen LogP contribution in [0.2, 0.25) is 0 Å². The van der Waals surface area contributed by atoms with E-state index < -0.39 is 17.6 Å². The van der Waals surface area contributed by atoms with E-state index in [0.29, 0.717) is 5.56 Å². The Balaban J connectivity index is 1.78. The molecule has 0 saturated heterocycles. The smallest absolute Gasteiger partial charge is 0.350 e. The van der Waals surface area contributed by atoms with Crippen LogP contribution >= 0.6 is 11.3 Å². The third-order valence-corrected chi connectivity index (χ3v) is 3.64. The number of nitrogens with one attached hydrogen (secondary N) is 2. The van der Waals surface area contributed by atoms with Crippen molar-refractivity contribution in [3.05, 3.63) is 57.8 Å². The zero-order valence-corrected chi connectivity index (χ0v) is 12.6. The Labute approximate surface area is 134 Å². The molecule has 8 heteroatoms. The van der Waals surface area contributed by atoms with Crippen LogP contribution in [0.4, 0.5) is 13.2 Å². The Morgan fingerprint density at radius 2 is 1.48 bits per heavy atom. The van der Waals surface area contributed by atoms with Gasteiger partial charge in [0.15, 0.2) is 0 Å². The largest absolute Gasteiger partial charge is 0.416 e. The molecule has 1 heterocycles. The summed E-state index contributed by atoms with van der Waals surface area (Å²) in [6.45, 7) is 0.400. The van der Waals surface area contributed by atoms with Crippen molar-refractivity contribution in [2.75, 3.05) is 13.1 Å². The van der Waals surface area contributed by atoms with Crippen molar-refractivity contribution in [1.29, 1.82) is 0 Å². The number of carbonyl (C=O) groups is 2. The van der Waals surface area contributed by atoms with Crippen molar-refractivity contribution >= 4 is 23.2 Å². The van der Waals surface area contributed by atoms with Gasteiger partial charge in [0.2, 0.25) is 0 Å². The molecule has 0 aliphatic rings. The van der Waals surface area contributed by atoms with Crippen molar-refractivity contribution in [1.82, 2.24) is 10.6 Å². The van der Waals surface area contributed by atoms with Crippen LogP contribution in [0, 0.1) is 0 Å². The van der Waals surface area contributed by atoms with Crippen LogP contribution < -0.4 is 10.6 Å². The average Bonchev–Trinajstić information content (AvgIpc) is 3.05. The maximum Gasteiger partial charge on any atom is 0.416 e. The van der Waals surface area contributed by atoms with E-state index in [1.54, 1.807) is 16.8 Å². The minimum Gasteiger partial charge on any atom is -0.350 e. The topological polar surface area (TPSA) is 58.2 Å². The van der Waals surface area contributed by atoms with Gasteiger partial charge < -0.3 is 10.6 Å². The van der Waals surface area contributed by atoms with Crippen LogP contribution in [0.3, 0.4) is 0 Å². The first-order valence-corrected chi connectivity index (χ1v) is 7.58. The second kappa shape index (κ2) is 7.28. The molecule has 2 N–H and O–H groups in total. The zero-order valence-electron chi connectivity index (χ0n) is 11.8. The number of carbonyl (C=O) groups excluding carboxylic acids is 2. The highest BCUT2D eigenvalue weighted by Crippen LogP contribution is 2.28. The maximum atomic E-state index is 12.4. The fourth-order valence-corrected chi connectivity index (χ4v) is 2.40. The van der Waals surface area contributed by atoms with Gasteiger partial charge in [-0.05, 0) is 35.7 Å². The molecule has 2 amide bonds. The van der Waals surface area contributed by atoms with Crippen LogP contribution in [-0.4, -0.2) is 24.9 Å². The summed E-state index contributed by atoms with van der Waals surface area (Å²) >= 11 is 1.40. The molecule has 2 aromatic rings. The first-order chi connectivity index (χ1) is 10.9. The molecule has 0 fully saturated rings. The van der Waals surface area contributed by atoms with Gasteiger partial charge in [0.25, 0.3) is 11.8 Å². The third kappa shape index (κ3) is 4.82. The number of hydrogen-bond donors (Lipinski definition) is 2. The van der Waals surface area contributed by atoms with Gasteiger partial charge in [-0.2, -0.15) is 24.5 Å². The lowest BCUT2D eigenvalue weighted by atomic mass is 10.1. The molecule has 0 unspecified atom stereocenters. The summed E-state index contributed by atoms with van der Waals surface area (Å²) in [6.07, 6.45) is -4.43. The first kappa shape index (κ1) is 17.0. The molecule has 0 bridgehead atoms. The predicted molar refractivity (Wildman–Crippen MR) is 80.4 cm³/mol. The van der Waals surface area contributed by atoms with E-state index in [2.05, 4.69) is 10.6 Å². The Hall–Kier alpha value is -2.35. The molecular formula is C15H13F3N2O2S. The third-order valence-electron chi connectivity index (χ3n) is 2.95. The number of amides is 2. The SMILES string of the molecule is O=C(NCCNC(=O)c1ccsc1)c1ccc(C(F)(F)F)cc1. The molecule has 1 aromatic heterocycles. The monoisotopic (exact) mass is 342 g/mol. The summed E-state index contributed by atoms with van der Waals surface area (Å²) < 4.78 is 37.3. The number of hydrogen-bond acceptors (Lipinski definition) is 3. The second-order valence-electron chi connectivity index (χ2n) is 4.60. The normalized spacial score (nSPS) is 11.1. The number of benzene rings is 1. The molecule has 0 spiro atoms. The number of rotatable bonds is 5. The fourth-order valence-electron chi connectivity index (χ4n) is 1.76. The molecule has 2 rings (SSSR count). The number of alkyl halides is 3. The molecule has 23 heavy (non-hydrogen) atoms. The minimum atomic E-state index is -4.43. The van der Waals surface area contributed by atoms with Gasteiger partial charge in [-0.3, -0.25) is 9.59 Å². The van der Waals surface area contributed by atoms with Gasteiger partial charge in [-0.1, -0.05) is 0 Å². The number of thiophene rings is 1. The van der Waals surface area contributed by atoms with Crippen LogP contribution in [-0.2, 0) is 6.18 Å². The Kier molecular flexibility index (Phi) is 5.38. The first-order valence-electron chi connectivity index (χ1n) is 6.64. The van der Waals surface area contributed by atoms with E-state index in [1.165, 1.54) is 11.3 Å². The summed E-state index contributed by atoms with van der Waals surface area (Å²) in [5.74, 6) is -0.737. The van der Waals surface area contributed by atoms with E-state index in [4.69, 9.17) is 0 Å². The second-order valence-corrected chi connectivity index (χ2v) is 5.38. The van der Waals surface area contributed by atoms with Crippen LogP contribution in [0.1, 0.15) is 26.3 Å². The Morgan fingerprint density at radius 3 is 1.96 bits per heavy atom. The predicted octanol–water partition coefficient (Wildman–Crippen LogP) is 2.93. The van der Waals surface area contributed by atoms with Crippen molar-refractivity contribution in [2.24, 2.45) is 0 Å². The molecule has 0 saturated carbocycles. The van der Waals surface area contributed by atoms with Crippen LogP contribution in [0.25, 0.3) is 0 Å². The molecule has 4 nitrogen and oxygen atoms in total. The standard InChI is InChI=1S/C15H13F3N2O2S/c16-15(17,18)12-3-1-10(2-4-12)13(21)19-6-7-20-14(22)11-5-8-23-9-11/h1-5,8-9H,6-7H2,(H,19,21)(H,20,22). The summed E-state index contributed by atoms with van der Waals surface area (Å²) in [6, 6.07) is 5.62. The average molecular weight is 342 g/mol. The van der Waals surface area contributed by atoms with Crippen molar-refractivity contribution in [3.8, 4) is 0 Å². The van der Waals surface area contributed by atoms with Gasteiger partial charge >= 0.3 is 6.18 Å². The molecule has 122 valence electrons. The Bertz CT molecular complexity index is 667. The zero-order chi connectivity index (χ0) is 16.9. The van der Waals surface area contributed by atoms with Crippen molar-refractivity contribution in [3.63, 3.8) is 0 Å². The van der Waals surface area contributed by atoms with Gasteiger partial charge in [-0.15, -0.1) is 0 Å². The van der Waals surface area contributed by atoms with Crippen LogP contribution in [0.15, 0.2) is 41.1 Å². The summed E-state index contributed by atoms with van der Waals surface area (Å²) in [7, 11) is 0. The lowest BCUT2D eigenvalue weighted by Crippen LogP contribution is -2.34. The molecule has 1 aromatic carbocycles. The Morgan fingerprint density at radius 1 is 0.913 bits per heavy atom. The van der Waals surface area contributed by atoms with E-state index in [9.17, 15) is 22.8 Å². The van der Waals surface area contributed by atoms with Crippen LogP contribution in [0.5, 0.6) is 0 Å². The number of halogens is 3. The van der Waals surface area contributed by atoms with Crippen molar-refractivity contribution < 1.29 is 22.8 Å². The maximum absolute atomic E-state index is 12.4. The highest BCUT2D eigenvalue weighted by molar-refractivity contribution is 7.08. The van der Waals surface area contributed by atoms with E-state index in [-0.39, 0.29) is 24.6 Å². The molecular weight excluding hydrogens is 329 g/mol. The fraction of sp³-hybridized carbons (Fsp3) is 0.200. The highest BCUT2D eigenvalue weighted by Gasteiger charge is 2.30. The lowest BCUT2D eigenvalue weighted by Gasteiger charge is -2.09. The molecule has 0 atom stereocenters. The summed E-state index contributed by atoms with van der Waals surface area (Å²) in [5.41, 5.74) is -0.136. The minimum absolute atomic E-state index is 0.127. The lowest BCUT2D eigenvalue weighted by molar-refractivity contribution is -0.137. The molecule has 0 aliphatic carbocycles. The van der Waals surface area contributed by atoms with E-state index >= 15 is 0 Å². The van der Waals surface area contributed by atoms with Crippen molar-refractivity contribution in [2.45, 2.75) is 6.18 Å². The van der Waals surface area contributed by atoms with Gasteiger partial charge in [0.05, 0.1) is 5.56 Å². The molecule has 0 aliphatic heterocycles. The highest BCUT2D eigenvalue weighted by atomic mass is 32.1. The quantitative estimate of drug-likeness (QED) is 0.821. The molecule has 0 radical (unpaired) electrons.